The number of hydrogen-bond acceptors (Lipinski definition) is 4. The van der Waals surface area contributed by atoms with E-state index in [0.29, 0.717) is 18.1 Å². The lowest BCUT2D eigenvalue weighted by atomic mass is 10.1. The van der Waals surface area contributed by atoms with Crippen molar-refractivity contribution in [1.29, 1.82) is 0 Å². The fourth-order valence-corrected chi connectivity index (χ4v) is 2.39. The molecule has 0 unspecified atom stereocenters. The average Bonchev–Trinajstić information content (AvgIpc) is 2.54. The van der Waals surface area contributed by atoms with Gasteiger partial charge in [0.05, 0.1) is 25.3 Å². The minimum atomic E-state index is -0.197. The summed E-state index contributed by atoms with van der Waals surface area (Å²) in [6.45, 7) is 6.45. The molecule has 5 nitrogen and oxygen atoms in total. The SMILES string of the molecule is CCCCOc1c(OC(C)C)c2ccc(OC)cc2n(C)c1=O. The van der Waals surface area contributed by atoms with Crippen LogP contribution >= 0.6 is 0 Å². The summed E-state index contributed by atoms with van der Waals surface area (Å²) in [6.07, 6.45) is 1.84. The second-order valence-electron chi connectivity index (χ2n) is 5.77. The molecule has 1 aromatic carbocycles. The van der Waals surface area contributed by atoms with E-state index in [2.05, 4.69) is 6.92 Å². The molecule has 1 heterocycles. The Hall–Kier alpha value is -2.17. The molecule has 0 N–H and O–H groups in total. The first-order chi connectivity index (χ1) is 11.0. The molecule has 0 saturated heterocycles. The zero-order valence-electron chi connectivity index (χ0n) is 14.5. The topological polar surface area (TPSA) is 49.7 Å². The summed E-state index contributed by atoms with van der Waals surface area (Å²) in [4.78, 5) is 12.7. The largest absolute Gasteiger partial charge is 0.497 e. The first-order valence-electron chi connectivity index (χ1n) is 7.99. The van der Waals surface area contributed by atoms with Crippen LogP contribution in [0.15, 0.2) is 23.0 Å². The molecule has 23 heavy (non-hydrogen) atoms. The molecule has 0 fully saturated rings. The maximum atomic E-state index is 12.7. The number of rotatable bonds is 7. The number of nitrogens with zero attached hydrogens (tertiary/aromatic N) is 1. The quantitative estimate of drug-likeness (QED) is 0.733. The Labute approximate surface area is 136 Å². The number of methoxy groups -OCH3 is 1. The van der Waals surface area contributed by atoms with Crippen LogP contribution in [0.2, 0.25) is 0 Å². The minimum Gasteiger partial charge on any atom is -0.497 e. The number of hydrogen-bond donors (Lipinski definition) is 0. The van der Waals surface area contributed by atoms with Crippen molar-refractivity contribution in [3.63, 3.8) is 0 Å². The summed E-state index contributed by atoms with van der Waals surface area (Å²) in [5.74, 6) is 1.49. The van der Waals surface area contributed by atoms with Crippen LogP contribution in [0.5, 0.6) is 17.2 Å². The van der Waals surface area contributed by atoms with Gasteiger partial charge in [0, 0.05) is 18.5 Å². The molecule has 2 aromatic rings. The number of fused-ring (bicyclic) bond motifs is 1. The van der Waals surface area contributed by atoms with Crippen molar-refractivity contribution in [3.05, 3.63) is 28.6 Å². The molecule has 0 amide bonds. The molecule has 0 aliphatic carbocycles. The highest BCUT2D eigenvalue weighted by Gasteiger charge is 2.19. The van der Waals surface area contributed by atoms with Gasteiger partial charge in [0.1, 0.15) is 5.75 Å². The van der Waals surface area contributed by atoms with Crippen LogP contribution in [-0.2, 0) is 7.05 Å². The Morgan fingerprint density at radius 1 is 1.22 bits per heavy atom. The number of aryl methyl sites for hydroxylation is 1. The van der Waals surface area contributed by atoms with E-state index in [1.54, 1.807) is 18.7 Å². The Morgan fingerprint density at radius 3 is 2.57 bits per heavy atom. The van der Waals surface area contributed by atoms with Crippen molar-refractivity contribution in [1.82, 2.24) is 4.57 Å². The molecule has 0 saturated carbocycles. The average molecular weight is 319 g/mol. The number of pyridine rings is 1. The zero-order chi connectivity index (χ0) is 17.0. The van der Waals surface area contributed by atoms with E-state index in [1.807, 2.05) is 32.0 Å². The van der Waals surface area contributed by atoms with Crippen molar-refractivity contribution >= 4 is 10.9 Å². The fourth-order valence-electron chi connectivity index (χ4n) is 2.39. The van der Waals surface area contributed by atoms with Crippen LogP contribution in [-0.4, -0.2) is 24.4 Å². The molecule has 0 aliphatic rings. The van der Waals surface area contributed by atoms with Gasteiger partial charge in [0.2, 0.25) is 5.75 Å². The molecule has 0 radical (unpaired) electrons. The van der Waals surface area contributed by atoms with Crippen LogP contribution in [0.1, 0.15) is 33.6 Å². The van der Waals surface area contributed by atoms with E-state index in [1.165, 1.54) is 0 Å². The van der Waals surface area contributed by atoms with E-state index in [-0.39, 0.29) is 17.4 Å². The van der Waals surface area contributed by atoms with Gasteiger partial charge in [-0.15, -0.1) is 0 Å². The van der Waals surface area contributed by atoms with Crippen molar-refractivity contribution in [3.8, 4) is 17.2 Å². The lowest BCUT2D eigenvalue weighted by Gasteiger charge is -2.19. The summed E-state index contributed by atoms with van der Waals surface area (Å²) >= 11 is 0. The molecule has 0 atom stereocenters. The van der Waals surface area contributed by atoms with E-state index in [9.17, 15) is 4.79 Å². The van der Waals surface area contributed by atoms with Gasteiger partial charge < -0.3 is 18.8 Å². The first kappa shape index (κ1) is 17.2. The third-order valence-corrected chi connectivity index (χ3v) is 3.61. The van der Waals surface area contributed by atoms with E-state index >= 15 is 0 Å². The number of unbranched alkanes of at least 4 members (excludes halogenated alkanes) is 1. The summed E-state index contributed by atoms with van der Waals surface area (Å²) in [6, 6.07) is 5.59. The first-order valence-corrected chi connectivity index (χ1v) is 7.99. The number of ether oxygens (including phenoxy) is 3. The van der Waals surface area contributed by atoms with Crippen LogP contribution in [0.3, 0.4) is 0 Å². The Balaban J connectivity index is 2.67. The third-order valence-electron chi connectivity index (χ3n) is 3.61. The van der Waals surface area contributed by atoms with Crippen LogP contribution < -0.4 is 19.8 Å². The Bertz CT molecular complexity index is 734. The van der Waals surface area contributed by atoms with Crippen molar-refractivity contribution < 1.29 is 14.2 Å². The molecular weight excluding hydrogens is 294 g/mol. The van der Waals surface area contributed by atoms with Crippen LogP contribution in [0.4, 0.5) is 0 Å². The molecule has 0 bridgehead atoms. The lowest BCUT2D eigenvalue weighted by Crippen LogP contribution is -2.22. The standard InChI is InChI=1S/C18H25NO4/c1-6-7-10-22-17-16(23-12(2)3)14-9-8-13(21-5)11-15(14)19(4)18(17)20/h8-9,11-12H,6-7,10H2,1-5H3. The predicted octanol–water partition coefficient (Wildman–Crippen LogP) is 3.51. The van der Waals surface area contributed by atoms with Crippen molar-refractivity contribution in [2.45, 2.75) is 39.7 Å². The highest BCUT2D eigenvalue weighted by atomic mass is 16.5. The van der Waals surface area contributed by atoms with Gasteiger partial charge >= 0.3 is 0 Å². The fraction of sp³-hybridized carbons (Fsp3) is 0.500. The van der Waals surface area contributed by atoms with Gasteiger partial charge in [-0.2, -0.15) is 0 Å². The maximum Gasteiger partial charge on any atom is 0.297 e. The monoisotopic (exact) mass is 319 g/mol. The molecule has 1 aromatic heterocycles. The van der Waals surface area contributed by atoms with Crippen LogP contribution in [0.25, 0.3) is 10.9 Å². The van der Waals surface area contributed by atoms with E-state index < -0.39 is 0 Å². The molecule has 126 valence electrons. The minimum absolute atomic E-state index is 0.0547. The second-order valence-corrected chi connectivity index (χ2v) is 5.77. The zero-order valence-corrected chi connectivity index (χ0v) is 14.5. The van der Waals surface area contributed by atoms with Gasteiger partial charge in [-0.3, -0.25) is 4.79 Å². The van der Waals surface area contributed by atoms with Gasteiger partial charge in [0.15, 0.2) is 5.75 Å². The lowest BCUT2D eigenvalue weighted by molar-refractivity contribution is 0.220. The van der Waals surface area contributed by atoms with Gasteiger partial charge in [0.25, 0.3) is 5.56 Å². The van der Waals surface area contributed by atoms with Crippen molar-refractivity contribution in [2.75, 3.05) is 13.7 Å². The van der Waals surface area contributed by atoms with Gasteiger partial charge in [-0.05, 0) is 32.4 Å². The number of aromatic nitrogens is 1. The molecule has 0 spiro atoms. The highest BCUT2D eigenvalue weighted by Crippen LogP contribution is 2.35. The summed E-state index contributed by atoms with van der Waals surface area (Å²) in [5.41, 5.74) is 0.561. The summed E-state index contributed by atoms with van der Waals surface area (Å²) in [5, 5.41) is 0.841. The number of benzene rings is 1. The van der Waals surface area contributed by atoms with Crippen LogP contribution in [0, 0.1) is 0 Å². The van der Waals surface area contributed by atoms with E-state index in [0.717, 1.165) is 23.7 Å². The van der Waals surface area contributed by atoms with E-state index in [4.69, 9.17) is 14.2 Å². The second kappa shape index (κ2) is 7.40. The molecular formula is C18H25NO4. The van der Waals surface area contributed by atoms with Gasteiger partial charge in [-0.1, -0.05) is 13.3 Å². The normalized spacial score (nSPS) is 11.0. The highest BCUT2D eigenvalue weighted by molar-refractivity contribution is 5.89. The molecule has 0 aliphatic heterocycles. The molecule has 2 rings (SSSR count). The summed E-state index contributed by atoms with van der Waals surface area (Å²) < 4.78 is 18.5. The molecule has 5 heteroatoms. The third kappa shape index (κ3) is 3.60. The maximum absolute atomic E-state index is 12.7. The predicted molar refractivity (Wildman–Crippen MR) is 91.9 cm³/mol. The van der Waals surface area contributed by atoms with Gasteiger partial charge in [-0.25, -0.2) is 0 Å². The Morgan fingerprint density at radius 2 is 1.96 bits per heavy atom. The summed E-state index contributed by atoms with van der Waals surface area (Å²) in [7, 11) is 3.34. The van der Waals surface area contributed by atoms with Crippen molar-refractivity contribution in [2.24, 2.45) is 7.05 Å². The smallest absolute Gasteiger partial charge is 0.297 e. The Kier molecular flexibility index (Phi) is 5.53.